The molecule has 1 amide bonds. The molecule has 2 heterocycles. The SMILES string of the molecule is CC(c1ccccn1)[C@@H](CCO)NC(=O)c1cccc(F)c1-c1cc(-c2ccc(F)cc2)n[nH]1. The van der Waals surface area contributed by atoms with Gasteiger partial charge in [-0.3, -0.25) is 14.9 Å². The van der Waals surface area contributed by atoms with Crippen LogP contribution >= 0.6 is 0 Å². The van der Waals surface area contributed by atoms with Gasteiger partial charge in [0.1, 0.15) is 11.6 Å². The van der Waals surface area contributed by atoms with Crippen LogP contribution in [0.15, 0.2) is 72.9 Å². The van der Waals surface area contributed by atoms with E-state index in [1.165, 1.54) is 30.3 Å². The smallest absolute Gasteiger partial charge is 0.252 e. The number of hydrogen-bond acceptors (Lipinski definition) is 4. The number of nitrogens with one attached hydrogen (secondary N) is 2. The summed E-state index contributed by atoms with van der Waals surface area (Å²) in [5.74, 6) is -1.61. The fraction of sp³-hybridized carbons (Fsp3) is 0.192. The third kappa shape index (κ3) is 5.02. The molecule has 174 valence electrons. The maximum atomic E-state index is 14.9. The highest BCUT2D eigenvalue weighted by atomic mass is 19.1. The first-order valence-electron chi connectivity index (χ1n) is 10.9. The van der Waals surface area contributed by atoms with E-state index in [4.69, 9.17) is 0 Å². The molecule has 4 aromatic rings. The zero-order valence-corrected chi connectivity index (χ0v) is 18.5. The van der Waals surface area contributed by atoms with Crippen molar-refractivity contribution in [1.29, 1.82) is 0 Å². The molecule has 0 saturated heterocycles. The maximum Gasteiger partial charge on any atom is 0.252 e. The summed E-state index contributed by atoms with van der Waals surface area (Å²) in [5, 5.41) is 19.5. The molecule has 0 saturated carbocycles. The molecule has 0 aliphatic rings. The van der Waals surface area contributed by atoms with E-state index in [9.17, 15) is 18.7 Å². The average Bonchev–Trinajstić information content (AvgIpc) is 3.34. The van der Waals surface area contributed by atoms with Crippen molar-refractivity contribution in [3.05, 3.63) is 95.8 Å². The minimum absolute atomic E-state index is 0.0779. The molecule has 6 nitrogen and oxygen atoms in total. The molecule has 0 fully saturated rings. The van der Waals surface area contributed by atoms with Gasteiger partial charge in [0.15, 0.2) is 0 Å². The zero-order valence-electron chi connectivity index (χ0n) is 18.5. The zero-order chi connectivity index (χ0) is 24.1. The Balaban J connectivity index is 1.63. The summed E-state index contributed by atoms with van der Waals surface area (Å²) in [4.78, 5) is 17.6. The van der Waals surface area contributed by atoms with E-state index in [0.29, 0.717) is 23.4 Å². The molecule has 3 N–H and O–H groups in total. The first kappa shape index (κ1) is 23.3. The van der Waals surface area contributed by atoms with Crippen LogP contribution in [-0.2, 0) is 0 Å². The Labute approximate surface area is 195 Å². The number of rotatable bonds is 8. The number of nitrogens with zero attached hydrogens (tertiary/aromatic N) is 2. The molecule has 0 spiro atoms. The number of aliphatic hydroxyl groups excluding tert-OH is 1. The van der Waals surface area contributed by atoms with Crippen molar-refractivity contribution < 1.29 is 18.7 Å². The van der Waals surface area contributed by atoms with Crippen LogP contribution in [-0.4, -0.2) is 38.8 Å². The van der Waals surface area contributed by atoms with Gasteiger partial charge in [-0.05, 0) is 61.0 Å². The number of carbonyl (C=O) groups excluding carboxylic acids is 1. The average molecular weight is 463 g/mol. The molecule has 4 rings (SSSR count). The van der Waals surface area contributed by atoms with Crippen LogP contribution in [0.5, 0.6) is 0 Å². The predicted molar refractivity (Wildman–Crippen MR) is 125 cm³/mol. The minimum Gasteiger partial charge on any atom is -0.396 e. The highest BCUT2D eigenvalue weighted by molar-refractivity contribution is 6.01. The monoisotopic (exact) mass is 462 g/mol. The van der Waals surface area contributed by atoms with Crippen molar-refractivity contribution in [2.75, 3.05) is 6.61 Å². The lowest BCUT2D eigenvalue weighted by Crippen LogP contribution is -2.39. The Bertz CT molecular complexity index is 1260. The van der Waals surface area contributed by atoms with Crippen molar-refractivity contribution >= 4 is 5.91 Å². The number of amides is 1. The van der Waals surface area contributed by atoms with Gasteiger partial charge >= 0.3 is 0 Å². The fourth-order valence-electron chi connectivity index (χ4n) is 3.89. The third-order valence-electron chi connectivity index (χ3n) is 5.76. The normalized spacial score (nSPS) is 12.8. The number of benzene rings is 2. The molecule has 2 aromatic carbocycles. The Kier molecular flexibility index (Phi) is 7.08. The van der Waals surface area contributed by atoms with Gasteiger partial charge in [0.25, 0.3) is 5.91 Å². The van der Waals surface area contributed by atoms with Crippen LogP contribution in [0.3, 0.4) is 0 Å². The van der Waals surface area contributed by atoms with Crippen LogP contribution in [0.1, 0.15) is 35.3 Å². The van der Waals surface area contributed by atoms with Gasteiger partial charge in [-0.2, -0.15) is 5.10 Å². The quantitative estimate of drug-likeness (QED) is 0.354. The van der Waals surface area contributed by atoms with Crippen molar-refractivity contribution in [3.8, 4) is 22.5 Å². The lowest BCUT2D eigenvalue weighted by Gasteiger charge is -2.25. The first-order chi connectivity index (χ1) is 16.5. The molecule has 8 heteroatoms. The molecule has 0 aliphatic carbocycles. The van der Waals surface area contributed by atoms with Crippen molar-refractivity contribution in [2.45, 2.75) is 25.3 Å². The number of carbonyl (C=O) groups is 1. The van der Waals surface area contributed by atoms with Gasteiger partial charge in [-0.15, -0.1) is 0 Å². The third-order valence-corrected chi connectivity index (χ3v) is 5.76. The van der Waals surface area contributed by atoms with Gasteiger partial charge in [0, 0.05) is 41.6 Å². The van der Waals surface area contributed by atoms with Gasteiger partial charge in [0.2, 0.25) is 0 Å². The Morgan fingerprint density at radius 1 is 1.09 bits per heavy atom. The molecule has 2 aromatic heterocycles. The summed E-state index contributed by atoms with van der Waals surface area (Å²) in [6, 6.07) is 16.8. The van der Waals surface area contributed by atoms with Crippen molar-refractivity contribution in [2.24, 2.45) is 0 Å². The van der Waals surface area contributed by atoms with E-state index in [0.717, 1.165) is 5.69 Å². The van der Waals surface area contributed by atoms with E-state index in [-0.39, 0.29) is 29.5 Å². The van der Waals surface area contributed by atoms with Crippen molar-refractivity contribution in [3.63, 3.8) is 0 Å². The standard InChI is InChI=1S/C26H24F2N4O2/c1-16(21-7-2-3-13-29-21)22(12-14-33)30-26(34)19-5-4-6-20(28)25(19)24-15-23(31-32-24)17-8-10-18(27)11-9-17/h2-11,13,15-16,22,33H,12,14H2,1H3,(H,30,34)(H,31,32)/t16?,22-/m1/s1. The number of halogens is 2. The van der Waals surface area contributed by atoms with Gasteiger partial charge in [0.05, 0.1) is 17.0 Å². The van der Waals surface area contributed by atoms with Gasteiger partial charge < -0.3 is 10.4 Å². The molecule has 34 heavy (non-hydrogen) atoms. The lowest BCUT2D eigenvalue weighted by molar-refractivity contribution is 0.0923. The number of aromatic nitrogens is 3. The van der Waals surface area contributed by atoms with E-state index in [1.807, 2.05) is 19.1 Å². The predicted octanol–water partition coefficient (Wildman–Crippen LogP) is 4.70. The topological polar surface area (TPSA) is 90.9 Å². The molecule has 0 radical (unpaired) electrons. The first-order valence-corrected chi connectivity index (χ1v) is 10.9. The Morgan fingerprint density at radius 3 is 2.59 bits per heavy atom. The molecule has 1 unspecified atom stereocenters. The number of aliphatic hydroxyl groups is 1. The van der Waals surface area contributed by atoms with Gasteiger partial charge in [-0.25, -0.2) is 8.78 Å². The molecular weight excluding hydrogens is 438 g/mol. The second kappa shape index (κ2) is 10.4. The minimum atomic E-state index is -0.585. The van der Waals surface area contributed by atoms with E-state index in [1.54, 1.807) is 30.5 Å². The second-order valence-electron chi connectivity index (χ2n) is 7.97. The molecular formula is C26H24F2N4O2. The van der Waals surface area contributed by atoms with Crippen LogP contribution in [0.25, 0.3) is 22.5 Å². The van der Waals surface area contributed by atoms with E-state index < -0.39 is 17.8 Å². The van der Waals surface area contributed by atoms with E-state index >= 15 is 0 Å². The number of hydrogen-bond donors (Lipinski definition) is 3. The maximum absolute atomic E-state index is 14.9. The number of H-pyrrole nitrogens is 1. The van der Waals surface area contributed by atoms with Crippen LogP contribution < -0.4 is 5.32 Å². The molecule has 0 aliphatic heterocycles. The van der Waals surface area contributed by atoms with Crippen molar-refractivity contribution in [1.82, 2.24) is 20.5 Å². The Hall–Kier alpha value is -3.91. The summed E-state index contributed by atoms with van der Waals surface area (Å²) < 4.78 is 28.2. The summed E-state index contributed by atoms with van der Waals surface area (Å²) in [6.07, 6.45) is 1.98. The van der Waals surface area contributed by atoms with Gasteiger partial charge in [-0.1, -0.05) is 19.1 Å². The fourth-order valence-corrected chi connectivity index (χ4v) is 3.89. The summed E-state index contributed by atoms with van der Waals surface area (Å²) in [5.41, 5.74) is 2.45. The van der Waals surface area contributed by atoms with E-state index in [2.05, 4.69) is 20.5 Å². The molecule has 0 bridgehead atoms. The summed E-state index contributed by atoms with van der Waals surface area (Å²) in [7, 11) is 0. The van der Waals surface area contributed by atoms with Crippen LogP contribution in [0.4, 0.5) is 8.78 Å². The second-order valence-corrected chi connectivity index (χ2v) is 7.97. The lowest BCUT2D eigenvalue weighted by atomic mass is 9.94. The largest absolute Gasteiger partial charge is 0.396 e. The van der Waals surface area contributed by atoms with Crippen LogP contribution in [0, 0.1) is 11.6 Å². The highest BCUT2D eigenvalue weighted by Crippen LogP contribution is 2.29. The summed E-state index contributed by atoms with van der Waals surface area (Å²) >= 11 is 0. The summed E-state index contributed by atoms with van der Waals surface area (Å²) in [6.45, 7) is 1.79. The number of pyridine rings is 1. The Morgan fingerprint density at radius 2 is 1.88 bits per heavy atom. The molecule has 2 atom stereocenters. The van der Waals surface area contributed by atoms with Crippen LogP contribution in [0.2, 0.25) is 0 Å². The number of aromatic amines is 1. The highest BCUT2D eigenvalue weighted by Gasteiger charge is 2.25.